The SMILES string of the molecule is CC(C)(C)OC(=O)CCCC/C(=C\c1c[nH]c2ccccc12)C(=O)O. The number of aliphatic carboxylic acids is 1. The molecule has 134 valence electrons. The third-order valence-corrected chi connectivity index (χ3v) is 3.72. The molecule has 2 N–H and O–H groups in total. The van der Waals surface area contributed by atoms with Crippen LogP contribution >= 0.6 is 0 Å². The molecule has 0 saturated carbocycles. The maximum absolute atomic E-state index is 11.7. The Morgan fingerprint density at radius 3 is 2.52 bits per heavy atom. The van der Waals surface area contributed by atoms with Gasteiger partial charge < -0.3 is 14.8 Å². The fourth-order valence-electron chi connectivity index (χ4n) is 2.62. The van der Waals surface area contributed by atoms with Gasteiger partial charge in [0.1, 0.15) is 5.60 Å². The summed E-state index contributed by atoms with van der Waals surface area (Å²) in [5.74, 6) is -1.17. The number of hydrogen-bond donors (Lipinski definition) is 2. The molecular formula is C20H25NO4. The van der Waals surface area contributed by atoms with Crippen LogP contribution in [-0.2, 0) is 14.3 Å². The van der Waals surface area contributed by atoms with Crippen LogP contribution in [0.5, 0.6) is 0 Å². The van der Waals surface area contributed by atoms with Crippen molar-refractivity contribution in [3.05, 3.63) is 41.6 Å². The zero-order chi connectivity index (χ0) is 18.4. The van der Waals surface area contributed by atoms with Crippen molar-refractivity contribution in [2.45, 2.75) is 52.1 Å². The fraction of sp³-hybridized carbons (Fsp3) is 0.400. The van der Waals surface area contributed by atoms with Crippen LogP contribution in [0, 0.1) is 0 Å². The van der Waals surface area contributed by atoms with Gasteiger partial charge in [-0.05, 0) is 52.2 Å². The Morgan fingerprint density at radius 1 is 1.16 bits per heavy atom. The predicted octanol–water partition coefficient (Wildman–Crippen LogP) is 4.54. The smallest absolute Gasteiger partial charge is 0.331 e. The van der Waals surface area contributed by atoms with Crippen LogP contribution in [-0.4, -0.2) is 27.6 Å². The molecule has 0 radical (unpaired) electrons. The van der Waals surface area contributed by atoms with Crippen LogP contribution in [0.15, 0.2) is 36.0 Å². The molecule has 0 unspecified atom stereocenters. The highest BCUT2D eigenvalue weighted by atomic mass is 16.6. The van der Waals surface area contributed by atoms with E-state index >= 15 is 0 Å². The highest BCUT2D eigenvalue weighted by Gasteiger charge is 2.16. The number of carbonyl (C=O) groups is 2. The van der Waals surface area contributed by atoms with Gasteiger partial charge in [0, 0.05) is 34.7 Å². The number of hydrogen-bond acceptors (Lipinski definition) is 3. The molecule has 1 aromatic heterocycles. The first-order chi connectivity index (χ1) is 11.8. The summed E-state index contributed by atoms with van der Waals surface area (Å²) in [4.78, 5) is 26.3. The predicted molar refractivity (Wildman–Crippen MR) is 98.2 cm³/mol. The quantitative estimate of drug-likeness (QED) is 0.439. The molecule has 0 amide bonds. The minimum absolute atomic E-state index is 0.245. The summed E-state index contributed by atoms with van der Waals surface area (Å²) in [6.07, 6.45) is 5.46. The van der Waals surface area contributed by atoms with Gasteiger partial charge in [-0.25, -0.2) is 4.79 Å². The topological polar surface area (TPSA) is 79.4 Å². The number of nitrogens with one attached hydrogen (secondary N) is 1. The fourth-order valence-corrected chi connectivity index (χ4v) is 2.62. The second kappa shape index (κ2) is 8.01. The Morgan fingerprint density at radius 2 is 1.84 bits per heavy atom. The monoisotopic (exact) mass is 343 g/mol. The number of fused-ring (bicyclic) bond motifs is 1. The second-order valence-electron chi connectivity index (χ2n) is 7.06. The van der Waals surface area contributed by atoms with Crippen molar-refractivity contribution in [3.63, 3.8) is 0 Å². The molecule has 0 aliphatic carbocycles. The number of carboxylic acids is 1. The van der Waals surface area contributed by atoms with Crippen molar-refractivity contribution >= 4 is 28.9 Å². The lowest BCUT2D eigenvalue weighted by atomic mass is 10.0. The van der Waals surface area contributed by atoms with Crippen LogP contribution in [0.25, 0.3) is 17.0 Å². The molecule has 5 heteroatoms. The summed E-state index contributed by atoms with van der Waals surface area (Å²) in [7, 11) is 0. The number of H-pyrrole nitrogens is 1. The van der Waals surface area contributed by atoms with Gasteiger partial charge in [0.2, 0.25) is 0 Å². The lowest BCUT2D eigenvalue weighted by molar-refractivity contribution is -0.154. The highest BCUT2D eigenvalue weighted by molar-refractivity contribution is 5.97. The molecule has 2 rings (SSSR count). The second-order valence-corrected chi connectivity index (χ2v) is 7.06. The Kier molecular flexibility index (Phi) is 6.02. The molecule has 0 aliphatic rings. The highest BCUT2D eigenvalue weighted by Crippen LogP contribution is 2.22. The van der Waals surface area contributed by atoms with Gasteiger partial charge in [0.15, 0.2) is 0 Å². The Labute approximate surface area is 147 Å². The number of para-hydroxylation sites is 1. The first-order valence-corrected chi connectivity index (χ1v) is 8.48. The van der Waals surface area contributed by atoms with Crippen LogP contribution in [0.3, 0.4) is 0 Å². The third-order valence-electron chi connectivity index (χ3n) is 3.72. The summed E-state index contributed by atoms with van der Waals surface area (Å²) in [6.45, 7) is 5.49. The molecule has 0 saturated heterocycles. The van der Waals surface area contributed by atoms with E-state index < -0.39 is 11.6 Å². The van der Waals surface area contributed by atoms with Crippen LogP contribution < -0.4 is 0 Å². The number of esters is 1. The van der Waals surface area contributed by atoms with E-state index in [9.17, 15) is 14.7 Å². The van der Waals surface area contributed by atoms with E-state index in [1.807, 2.05) is 51.2 Å². The lowest BCUT2D eigenvalue weighted by Crippen LogP contribution is -2.23. The molecule has 5 nitrogen and oxygen atoms in total. The molecule has 25 heavy (non-hydrogen) atoms. The van der Waals surface area contributed by atoms with E-state index in [4.69, 9.17) is 4.74 Å². The summed E-state index contributed by atoms with van der Waals surface area (Å²) in [5, 5.41) is 10.4. The third kappa shape index (κ3) is 5.78. The molecular weight excluding hydrogens is 318 g/mol. The van der Waals surface area contributed by atoms with E-state index in [1.165, 1.54) is 0 Å². The number of unbranched alkanes of at least 4 members (excludes halogenated alkanes) is 1. The average Bonchev–Trinajstić information content (AvgIpc) is 2.91. The lowest BCUT2D eigenvalue weighted by Gasteiger charge is -2.19. The van der Waals surface area contributed by atoms with E-state index in [0.717, 1.165) is 16.5 Å². The molecule has 1 heterocycles. The Hall–Kier alpha value is -2.56. The normalized spacial score (nSPS) is 12.4. The van der Waals surface area contributed by atoms with Gasteiger partial charge in [-0.15, -0.1) is 0 Å². The van der Waals surface area contributed by atoms with Crippen molar-refractivity contribution in [1.82, 2.24) is 4.98 Å². The molecule has 0 aliphatic heterocycles. The Bertz CT molecular complexity index is 780. The van der Waals surface area contributed by atoms with E-state index in [1.54, 1.807) is 6.08 Å². The maximum Gasteiger partial charge on any atom is 0.331 e. The summed E-state index contributed by atoms with van der Waals surface area (Å²) < 4.78 is 5.25. The van der Waals surface area contributed by atoms with Crippen molar-refractivity contribution < 1.29 is 19.4 Å². The van der Waals surface area contributed by atoms with Crippen LogP contribution in [0.4, 0.5) is 0 Å². The molecule has 1 aromatic carbocycles. The average molecular weight is 343 g/mol. The first kappa shape index (κ1) is 18.8. The van der Waals surface area contributed by atoms with Gasteiger partial charge in [0.25, 0.3) is 0 Å². The van der Waals surface area contributed by atoms with Gasteiger partial charge >= 0.3 is 11.9 Å². The van der Waals surface area contributed by atoms with Crippen LogP contribution in [0.2, 0.25) is 0 Å². The van der Waals surface area contributed by atoms with Gasteiger partial charge in [-0.2, -0.15) is 0 Å². The van der Waals surface area contributed by atoms with Crippen molar-refractivity contribution in [1.29, 1.82) is 0 Å². The number of aromatic amines is 1. The number of ether oxygens (including phenoxy) is 1. The molecule has 0 spiro atoms. The molecule has 2 aromatic rings. The number of carboxylic acid groups (broad SMARTS) is 1. The zero-order valence-corrected chi connectivity index (χ0v) is 15.0. The van der Waals surface area contributed by atoms with E-state index in [2.05, 4.69) is 4.98 Å². The summed E-state index contributed by atoms with van der Waals surface area (Å²) >= 11 is 0. The first-order valence-electron chi connectivity index (χ1n) is 8.48. The van der Waals surface area contributed by atoms with Gasteiger partial charge in [0.05, 0.1) is 0 Å². The number of aromatic nitrogens is 1. The van der Waals surface area contributed by atoms with E-state index in [-0.39, 0.29) is 5.97 Å². The van der Waals surface area contributed by atoms with Crippen molar-refractivity contribution in [3.8, 4) is 0 Å². The van der Waals surface area contributed by atoms with Crippen molar-refractivity contribution in [2.75, 3.05) is 0 Å². The summed E-state index contributed by atoms with van der Waals surface area (Å²) in [5.41, 5.74) is 1.69. The zero-order valence-electron chi connectivity index (χ0n) is 15.0. The Balaban J connectivity index is 1.95. The minimum atomic E-state index is -0.928. The maximum atomic E-state index is 11.7. The largest absolute Gasteiger partial charge is 0.478 e. The van der Waals surface area contributed by atoms with Gasteiger partial charge in [-0.1, -0.05) is 18.2 Å². The molecule has 0 bridgehead atoms. The van der Waals surface area contributed by atoms with Crippen LogP contribution in [0.1, 0.15) is 52.0 Å². The van der Waals surface area contributed by atoms with E-state index in [0.29, 0.717) is 31.3 Å². The number of rotatable bonds is 7. The number of carbonyl (C=O) groups excluding carboxylic acids is 1. The van der Waals surface area contributed by atoms with Gasteiger partial charge in [-0.3, -0.25) is 4.79 Å². The standard InChI is InChI=1S/C20H25NO4/c1-20(2,3)25-18(22)11-7-4-8-14(19(23)24)12-15-13-21-17-10-6-5-9-16(15)17/h5-6,9-10,12-13,21H,4,7-8,11H2,1-3H3,(H,23,24)/b14-12+. The van der Waals surface area contributed by atoms with Crippen molar-refractivity contribution in [2.24, 2.45) is 0 Å². The number of benzene rings is 1. The minimum Gasteiger partial charge on any atom is -0.478 e. The summed E-state index contributed by atoms with van der Waals surface area (Å²) in [6, 6.07) is 7.77. The molecule has 0 fully saturated rings. The molecule has 0 atom stereocenters.